The van der Waals surface area contributed by atoms with Crippen molar-refractivity contribution in [3.05, 3.63) is 23.0 Å². The number of hydrogen-bond acceptors (Lipinski definition) is 6. The Morgan fingerprint density at radius 1 is 1.23 bits per heavy atom. The molecule has 2 N–H and O–H groups in total. The molecule has 2 aromatic rings. The summed E-state index contributed by atoms with van der Waals surface area (Å²) in [6.45, 7) is 10.6. The smallest absolute Gasteiger partial charge is 0.245 e. The number of anilines is 3. The summed E-state index contributed by atoms with van der Waals surface area (Å²) in [6, 6.07) is 1.87. The number of rotatable bonds is 7. The van der Waals surface area contributed by atoms with E-state index in [9.17, 15) is 4.79 Å². The van der Waals surface area contributed by atoms with Crippen molar-refractivity contribution in [1.29, 1.82) is 0 Å². The molecule has 4 rings (SSSR count). The first-order valence-corrected chi connectivity index (χ1v) is 11.8. The number of fused-ring (bicyclic) bond motifs is 1. The van der Waals surface area contributed by atoms with Crippen molar-refractivity contribution in [1.82, 2.24) is 25.1 Å². The third-order valence-electron chi connectivity index (χ3n) is 6.51. The van der Waals surface area contributed by atoms with Crippen molar-refractivity contribution in [2.45, 2.75) is 78.2 Å². The Morgan fingerprint density at radius 2 is 2.00 bits per heavy atom. The largest absolute Gasteiger partial charge is 0.341 e. The Morgan fingerprint density at radius 3 is 2.71 bits per heavy atom. The van der Waals surface area contributed by atoms with Crippen LogP contribution in [-0.4, -0.2) is 56.6 Å². The topological polar surface area (TPSA) is 90.0 Å². The number of nitrogens with zero attached hydrogens (tertiary/aromatic N) is 5. The third-order valence-corrected chi connectivity index (χ3v) is 6.51. The van der Waals surface area contributed by atoms with Gasteiger partial charge >= 0.3 is 0 Å². The lowest BCUT2D eigenvalue weighted by Gasteiger charge is -2.30. The molecule has 0 bridgehead atoms. The van der Waals surface area contributed by atoms with Crippen molar-refractivity contribution >= 4 is 23.5 Å². The molecule has 1 amide bonds. The van der Waals surface area contributed by atoms with Crippen molar-refractivity contribution in [3.63, 3.8) is 0 Å². The second-order valence-corrected chi connectivity index (χ2v) is 8.85. The van der Waals surface area contributed by atoms with Gasteiger partial charge in [-0.3, -0.25) is 9.89 Å². The molecular weight excluding hydrogens is 390 g/mol. The Balaban J connectivity index is 1.66. The summed E-state index contributed by atoms with van der Waals surface area (Å²) in [7, 11) is 0. The highest BCUT2D eigenvalue weighted by atomic mass is 16.2. The van der Waals surface area contributed by atoms with Crippen LogP contribution >= 0.6 is 0 Å². The molecule has 0 aromatic carbocycles. The maximum absolute atomic E-state index is 13.1. The number of aryl methyl sites for hydroxylation is 1. The van der Waals surface area contributed by atoms with Crippen LogP contribution in [0.4, 0.5) is 17.6 Å². The normalized spacial score (nSPS) is 18.4. The zero-order valence-electron chi connectivity index (χ0n) is 19.2. The van der Waals surface area contributed by atoms with E-state index in [1.807, 2.05) is 24.8 Å². The number of hydrogen-bond donors (Lipinski definition) is 2. The standard InChI is InChI=1S/C23H35N7O/c1-5-29(6-2)22(31)19-12-9-13-30(19)23-24-17-11-8-7-10-16(17)21(26-23)25-20-14-18(15(3)4)27-28-20/h14-15,19H,5-13H2,1-4H3,(H2,24,25,26,27,28)/t19-/m1/s1. The van der Waals surface area contributed by atoms with Gasteiger partial charge in [-0.25, -0.2) is 4.98 Å². The average Bonchev–Trinajstić information content (AvgIpc) is 3.44. The van der Waals surface area contributed by atoms with Gasteiger partial charge < -0.3 is 15.1 Å². The first-order chi connectivity index (χ1) is 15.0. The Hall–Kier alpha value is -2.64. The molecule has 1 aliphatic heterocycles. The lowest BCUT2D eigenvalue weighted by Crippen LogP contribution is -2.46. The third kappa shape index (κ3) is 4.38. The Labute approximate surface area is 184 Å². The number of amides is 1. The zero-order valence-corrected chi connectivity index (χ0v) is 19.2. The monoisotopic (exact) mass is 425 g/mol. The lowest BCUT2D eigenvalue weighted by atomic mass is 9.96. The van der Waals surface area contributed by atoms with E-state index in [2.05, 4.69) is 34.3 Å². The number of H-pyrrole nitrogens is 1. The highest BCUT2D eigenvalue weighted by Gasteiger charge is 2.35. The number of aromatic amines is 1. The van der Waals surface area contributed by atoms with Gasteiger partial charge in [-0.15, -0.1) is 0 Å². The number of likely N-dealkylation sites (N-methyl/N-ethyl adjacent to an activating group) is 1. The molecule has 1 aliphatic carbocycles. The fourth-order valence-electron chi connectivity index (χ4n) is 4.64. The van der Waals surface area contributed by atoms with Gasteiger partial charge in [0.25, 0.3) is 0 Å². The van der Waals surface area contributed by atoms with Crippen molar-refractivity contribution < 1.29 is 4.79 Å². The van der Waals surface area contributed by atoms with Crippen molar-refractivity contribution in [2.75, 3.05) is 29.9 Å². The van der Waals surface area contributed by atoms with E-state index in [-0.39, 0.29) is 11.9 Å². The summed E-state index contributed by atoms with van der Waals surface area (Å²) in [5.41, 5.74) is 3.39. The first-order valence-electron chi connectivity index (χ1n) is 11.8. The molecular formula is C23H35N7O. The molecule has 3 heterocycles. The second kappa shape index (κ2) is 9.24. The molecule has 8 heteroatoms. The fourth-order valence-corrected chi connectivity index (χ4v) is 4.64. The van der Waals surface area contributed by atoms with E-state index in [1.165, 1.54) is 5.56 Å². The van der Waals surface area contributed by atoms with Crippen LogP contribution in [0.25, 0.3) is 0 Å². The number of aromatic nitrogens is 4. The molecule has 0 unspecified atom stereocenters. The van der Waals surface area contributed by atoms with Crippen LogP contribution in [-0.2, 0) is 17.6 Å². The SMILES string of the molecule is CCN(CC)C(=O)[C@H]1CCCN1c1nc2c(c(Nc3cc(C(C)C)[nH]n3)n1)CCCC2. The predicted molar refractivity (Wildman–Crippen MR) is 123 cm³/mol. The van der Waals surface area contributed by atoms with Gasteiger partial charge in [0.2, 0.25) is 11.9 Å². The Bertz CT molecular complexity index is 919. The van der Waals surface area contributed by atoms with Crippen molar-refractivity contribution in [2.24, 2.45) is 0 Å². The molecule has 1 fully saturated rings. The predicted octanol–water partition coefficient (Wildman–Crippen LogP) is 3.78. The molecule has 2 aliphatic rings. The zero-order chi connectivity index (χ0) is 22.0. The van der Waals surface area contributed by atoms with Gasteiger partial charge in [0.15, 0.2) is 5.82 Å². The quantitative estimate of drug-likeness (QED) is 0.702. The maximum Gasteiger partial charge on any atom is 0.245 e. The molecule has 0 saturated carbocycles. The van der Waals surface area contributed by atoms with Gasteiger partial charge in [-0.1, -0.05) is 13.8 Å². The molecule has 1 saturated heterocycles. The van der Waals surface area contributed by atoms with E-state index in [0.717, 1.165) is 81.2 Å². The minimum atomic E-state index is -0.174. The van der Waals surface area contributed by atoms with Gasteiger partial charge in [0, 0.05) is 37.0 Å². The lowest BCUT2D eigenvalue weighted by molar-refractivity contribution is -0.132. The summed E-state index contributed by atoms with van der Waals surface area (Å²) in [5.74, 6) is 2.85. The molecule has 8 nitrogen and oxygen atoms in total. The number of carbonyl (C=O) groups excluding carboxylic acids is 1. The van der Waals surface area contributed by atoms with Crippen LogP contribution < -0.4 is 10.2 Å². The van der Waals surface area contributed by atoms with Crippen LogP contribution in [0.3, 0.4) is 0 Å². The van der Waals surface area contributed by atoms with Gasteiger partial charge in [0.1, 0.15) is 11.9 Å². The molecule has 0 spiro atoms. The van der Waals surface area contributed by atoms with Crippen molar-refractivity contribution in [3.8, 4) is 0 Å². The molecule has 2 aromatic heterocycles. The van der Waals surface area contributed by atoms with E-state index in [4.69, 9.17) is 9.97 Å². The maximum atomic E-state index is 13.1. The minimum absolute atomic E-state index is 0.174. The summed E-state index contributed by atoms with van der Waals surface area (Å²) < 4.78 is 0. The van der Waals surface area contributed by atoms with Gasteiger partial charge in [-0.2, -0.15) is 10.1 Å². The molecule has 1 atom stereocenters. The van der Waals surface area contributed by atoms with Crippen LogP contribution in [0.15, 0.2) is 6.07 Å². The summed E-state index contributed by atoms with van der Waals surface area (Å²) in [6.07, 6.45) is 6.06. The van der Waals surface area contributed by atoms with E-state index in [0.29, 0.717) is 11.9 Å². The minimum Gasteiger partial charge on any atom is -0.341 e. The highest BCUT2D eigenvalue weighted by Crippen LogP contribution is 2.32. The summed E-state index contributed by atoms with van der Waals surface area (Å²) in [5, 5.41) is 11.0. The second-order valence-electron chi connectivity index (χ2n) is 8.85. The molecule has 31 heavy (non-hydrogen) atoms. The van der Waals surface area contributed by atoms with E-state index < -0.39 is 0 Å². The first kappa shape index (κ1) is 21.6. The fraction of sp³-hybridized carbons (Fsp3) is 0.652. The summed E-state index contributed by atoms with van der Waals surface area (Å²) in [4.78, 5) is 27.0. The Kier molecular flexibility index (Phi) is 6.43. The van der Waals surface area contributed by atoms with Crippen LogP contribution in [0, 0.1) is 0 Å². The van der Waals surface area contributed by atoms with Crippen LogP contribution in [0.5, 0.6) is 0 Å². The van der Waals surface area contributed by atoms with Crippen LogP contribution in [0.1, 0.15) is 76.2 Å². The highest BCUT2D eigenvalue weighted by molar-refractivity contribution is 5.85. The summed E-state index contributed by atoms with van der Waals surface area (Å²) >= 11 is 0. The van der Waals surface area contributed by atoms with Gasteiger partial charge in [0.05, 0.1) is 5.69 Å². The molecule has 168 valence electrons. The number of nitrogens with one attached hydrogen (secondary N) is 2. The molecule has 0 radical (unpaired) electrons. The van der Waals surface area contributed by atoms with E-state index >= 15 is 0 Å². The van der Waals surface area contributed by atoms with Gasteiger partial charge in [-0.05, 0) is 58.3 Å². The average molecular weight is 426 g/mol. The van der Waals surface area contributed by atoms with Crippen LogP contribution in [0.2, 0.25) is 0 Å². The van der Waals surface area contributed by atoms with E-state index in [1.54, 1.807) is 0 Å². The number of carbonyl (C=O) groups is 1.